The van der Waals surface area contributed by atoms with Gasteiger partial charge in [-0.15, -0.1) is 23.2 Å². The van der Waals surface area contributed by atoms with Gasteiger partial charge in [0.15, 0.2) is 0 Å². The van der Waals surface area contributed by atoms with Crippen LogP contribution in [0.3, 0.4) is 0 Å². The van der Waals surface area contributed by atoms with Crippen molar-refractivity contribution >= 4 is 23.2 Å². The lowest BCUT2D eigenvalue weighted by atomic mass is 10.1. The minimum absolute atomic E-state index is 0.0938. The zero-order chi connectivity index (χ0) is 10.8. The van der Waals surface area contributed by atoms with Crippen LogP contribution in [0.25, 0.3) is 0 Å². The van der Waals surface area contributed by atoms with Gasteiger partial charge < -0.3 is 0 Å². The predicted octanol–water partition coefficient (Wildman–Crippen LogP) is 5.14. The van der Waals surface area contributed by atoms with E-state index < -0.39 is 0 Å². The molecule has 0 saturated heterocycles. The Bertz CT molecular complexity index is 141. The van der Waals surface area contributed by atoms with Crippen molar-refractivity contribution in [2.24, 2.45) is 0 Å². The predicted molar refractivity (Wildman–Crippen MR) is 67.5 cm³/mol. The van der Waals surface area contributed by atoms with Gasteiger partial charge in [-0.05, 0) is 13.3 Å². The summed E-state index contributed by atoms with van der Waals surface area (Å²) in [6, 6.07) is 0. The number of hydrogen-bond acceptors (Lipinski definition) is 0. The van der Waals surface area contributed by atoms with Crippen molar-refractivity contribution in [3.63, 3.8) is 0 Å². The highest BCUT2D eigenvalue weighted by molar-refractivity contribution is 6.22. The number of unbranched alkanes of at least 4 members (excludes halogenated alkanes) is 4. The Kier molecular flexibility index (Phi) is 10.1. The Morgan fingerprint density at radius 2 is 1.64 bits per heavy atom. The molecule has 0 aromatic rings. The molecule has 0 rings (SSSR count). The molecule has 0 aromatic heterocycles. The summed E-state index contributed by atoms with van der Waals surface area (Å²) in [6.07, 6.45) is 11.6. The van der Waals surface area contributed by atoms with Crippen LogP contribution in [-0.4, -0.2) is 10.8 Å². The Hall–Kier alpha value is 0.320. The topological polar surface area (TPSA) is 0 Å². The minimum atomic E-state index is 0.0938. The monoisotopic (exact) mass is 236 g/mol. The third-order valence-electron chi connectivity index (χ3n) is 2.17. The number of allylic oxidation sites excluding steroid dienone is 2. The van der Waals surface area contributed by atoms with E-state index in [2.05, 4.69) is 6.92 Å². The zero-order valence-corrected chi connectivity index (χ0v) is 10.8. The van der Waals surface area contributed by atoms with Crippen LogP contribution in [0.1, 0.15) is 52.4 Å². The lowest BCUT2D eigenvalue weighted by Gasteiger charge is -2.04. The van der Waals surface area contributed by atoms with Gasteiger partial charge in [-0.2, -0.15) is 0 Å². The first-order valence-electron chi connectivity index (χ1n) is 5.63. The van der Waals surface area contributed by atoms with Gasteiger partial charge in [-0.25, -0.2) is 0 Å². The lowest BCUT2D eigenvalue weighted by Crippen LogP contribution is -1.95. The fraction of sp³-hybridized carbons (Fsp3) is 0.833. The summed E-state index contributed by atoms with van der Waals surface area (Å²) in [4.78, 5) is 0. The molecule has 0 heterocycles. The number of halogens is 2. The molecule has 84 valence electrons. The molecule has 0 saturated carbocycles. The highest BCUT2D eigenvalue weighted by Crippen LogP contribution is 2.12. The minimum Gasteiger partial charge on any atom is -0.119 e. The van der Waals surface area contributed by atoms with Crippen LogP contribution in [0.15, 0.2) is 12.2 Å². The molecule has 2 unspecified atom stereocenters. The molecule has 0 aliphatic carbocycles. The largest absolute Gasteiger partial charge is 0.119 e. The van der Waals surface area contributed by atoms with Crippen molar-refractivity contribution in [1.29, 1.82) is 0 Å². The maximum Gasteiger partial charge on any atom is 0.0516 e. The van der Waals surface area contributed by atoms with E-state index in [-0.39, 0.29) is 10.8 Å². The Balaban J connectivity index is 3.31. The van der Waals surface area contributed by atoms with Gasteiger partial charge in [0.2, 0.25) is 0 Å². The average Bonchev–Trinajstić information content (AvgIpc) is 2.14. The van der Waals surface area contributed by atoms with E-state index in [0.29, 0.717) is 0 Å². The first-order chi connectivity index (χ1) is 6.66. The van der Waals surface area contributed by atoms with Gasteiger partial charge >= 0.3 is 0 Å². The molecule has 14 heavy (non-hydrogen) atoms. The zero-order valence-electron chi connectivity index (χ0n) is 9.31. The molecule has 2 heteroatoms. The van der Waals surface area contributed by atoms with Crippen molar-refractivity contribution in [1.82, 2.24) is 0 Å². The summed E-state index contributed by atoms with van der Waals surface area (Å²) in [5.41, 5.74) is 0. The van der Waals surface area contributed by atoms with E-state index in [1.54, 1.807) is 0 Å². The maximum absolute atomic E-state index is 6.09. The van der Waals surface area contributed by atoms with Crippen LogP contribution in [0.5, 0.6) is 0 Å². The standard InChI is InChI=1S/C12H22Cl2/c1-3-4-5-6-7-8-12(14)10-9-11(2)13/h9-12H,3-8H2,1-2H3/b10-9+. The van der Waals surface area contributed by atoms with Crippen molar-refractivity contribution in [3.8, 4) is 0 Å². The molecule has 0 bridgehead atoms. The van der Waals surface area contributed by atoms with Gasteiger partial charge in [-0.3, -0.25) is 0 Å². The van der Waals surface area contributed by atoms with Gasteiger partial charge in [0.25, 0.3) is 0 Å². The summed E-state index contributed by atoms with van der Waals surface area (Å²) in [5, 5.41) is 0.258. The van der Waals surface area contributed by atoms with Crippen molar-refractivity contribution in [3.05, 3.63) is 12.2 Å². The molecular formula is C12H22Cl2. The second kappa shape index (κ2) is 9.86. The van der Waals surface area contributed by atoms with Gasteiger partial charge in [0.1, 0.15) is 0 Å². The Labute approximate surface area is 98.7 Å². The third-order valence-corrected chi connectivity index (χ3v) is 2.68. The van der Waals surface area contributed by atoms with Gasteiger partial charge in [0, 0.05) is 5.38 Å². The molecule has 0 N–H and O–H groups in total. The molecular weight excluding hydrogens is 215 g/mol. The highest BCUT2D eigenvalue weighted by atomic mass is 35.5. The van der Waals surface area contributed by atoms with E-state index in [0.717, 1.165) is 6.42 Å². The Morgan fingerprint density at radius 1 is 1.00 bits per heavy atom. The SMILES string of the molecule is CCCCCCCC(Cl)/C=C/C(C)Cl. The van der Waals surface area contributed by atoms with E-state index in [1.165, 1.54) is 32.1 Å². The summed E-state index contributed by atoms with van der Waals surface area (Å²) >= 11 is 11.9. The lowest BCUT2D eigenvalue weighted by molar-refractivity contribution is 0.613. The van der Waals surface area contributed by atoms with Crippen LogP contribution in [0.2, 0.25) is 0 Å². The van der Waals surface area contributed by atoms with Crippen molar-refractivity contribution < 1.29 is 0 Å². The first kappa shape index (κ1) is 14.3. The summed E-state index contributed by atoms with van der Waals surface area (Å²) in [7, 11) is 0. The van der Waals surface area contributed by atoms with E-state index >= 15 is 0 Å². The molecule has 2 atom stereocenters. The molecule has 0 aliphatic heterocycles. The molecule has 0 spiro atoms. The molecule has 0 aromatic carbocycles. The second-order valence-corrected chi connectivity index (χ2v) is 5.03. The maximum atomic E-state index is 6.09. The normalized spacial score (nSPS) is 16.0. The fourth-order valence-electron chi connectivity index (χ4n) is 1.31. The third kappa shape index (κ3) is 10.4. The summed E-state index contributed by atoms with van der Waals surface area (Å²) < 4.78 is 0. The molecule has 0 aliphatic rings. The smallest absolute Gasteiger partial charge is 0.0516 e. The number of alkyl halides is 2. The summed E-state index contributed by atoms with van der Waals surface area (Å²) in [5.74, 6) is 0. The van der Waals surface area contributed by atoms with E-state index in [9.17, 15) is 0 Å². The average molecular weight is 237 g/mol. The second-order valence-electron chi connectivity index (χ2n) is 3.78. The summed E-state index contributed by atoms with van der Waals surface area (Å²) in [6.45, 7) is 4.18. The number of rotatable bonds is 8. The van der Waals surface area contributed by atoms with E-state index in [1.807, 2.05) is 19.1 Å². The molecule has 0 radical (unpaired) electrons. The van der Waals surface area contributed by atoms with Gasteiger partial charge in [-0.1, -0.05) is 51.2 Å². The molecule has 0 amide bonds. The first-order valence-corrected chi connectivity index (χ1v) is 6.50. The van der Waals surface area contributed by atoms with Crippen LogP contribution in [0.4, 0.5) is 0 Å². The number of hydrogen-bond donors (Lipinski definition) is 0. The van der Waals surface area contributed by atoms with Crippen LogP contribution >= 0.6 is 23.2 Å². The van der Waals surface area contributed by atoms with Gasteiger partial charge in [0.05, 0.1) is 5.38 Å². The Morgan fingerprint density at radius 3 is 2.21 bits per heavy atom. The van der Waals surface area contributed by atoms with Crippen LogP contribution < -0.4 is 0 Å². The highest BCUT2D eigenvalue weighted by Gasteiger charge is 1.99. The molecule has 0 nitrogen and oxygen atoms in total. The van der Waals surface area contributed by atoms with Crippen molar-refractivity contribution in [2.45, 2.75) is 63.1 Å². The quantitative estimate of drug-likeness (QED) is 0.311. The van der Waals surface area contributed by atoms with E-state index in [4.69, 9.17) is 23.2 Å². The van der Waals surface area contributed by atoms with Crippen LogP contribution in [-0.2, 0) is 0 Å². The van der Waals surface area contributed by atoms with Crippen molar-refractivity contribution in [2.75, 3.05) is 0 Å². The fourth-order valence-corrected chi connectivity index (χ4v) is 1.64. The van der Waals surface area contributed by atoms with Crippen LogP contribution in [0, 0.1) is 0 Å². The molecule has 0 fully saturated rings.